The molecule has 0 unspecified atom stereocenters. The molecule has 29 heavy (non-hydrogen) atoms. The predicted octanol–water partition coefficient (Wildman–Crippen LogP) is 3.70. The highest BCUT2D eigenvalue weighted by Crippen LogP contribution is 2.32. The number of ether oxygens (including phenoxy) is 1. The molecule has 1 aromatic heterocycles. The number of carbonyl (C=O) groups excluding carboxylic acids is 2. The van der Waals surface area contributed by atoms with Crippen molar-refractivity contribution in [1.82, 2.24) is 4.90 Å². The lowest BCUT2D eigenvalue weighted by molar-refractivity contribution is -0.115. The van der Waals surface area contributed by atoms with Gasteiger partial charge in [0.25, 0.3) is 5.91 Å². The van der Waals surface area contributed by atoms with Gasteiger partial charge in [-0.3, -0.25) is 9.59 Å². The van der Waals surface area contributed by atoms with Crippen molar-refractivity contribution in [3.05, 3.63) is 64.9 Å². The number of nitrogens with zero attached hydrogens (tertiary/aromatic N) is 1. The fourth-order valence-electron chi connectivity index (χ4n) is 3.51. The number of amides is 2. The van der Waals surface area contributed by atoms with Gasteiger partial charge in [-0.2, -0.15) is 0 Å². The largest absolute Gasteiger partial charge is 0.449 e. The first kappa shape index (κ1) is 19.2. The third-order valence-electron chi connectivity index (χ3n) is 5.29. The van der Waals surface area contributed by atoms with Crippen molar-refractivity contribution in [3.8, 4) is 0 Å². The van der Waals surface area contributed by atoms with Crippen LogP contribution >= 0.6 is 0 Å². The molecule has 1 saturated heterocycles. The molecule has 6 heteroatoms. The molecular formula is C23H24N2O4. The zero-order chi connectivity index (χ0) is 20.4. The Morgan fingerprint density at radius 2 is 1.79 bits per heavy atom. The second kappa shape index (κ2) is 8.09. The minimum atomic E-state index is -0.231. The molecule has 1 aliphatic rings. The van der Waals surface area contributed by atoms with Crippen molar-refractivity contribution in [2.45, 2.75) is 20.3 Å². The molecule has 6 nitrogen and oxygen atoms in total. The molecule has 0 spiro atoms. The molecular weight excluding hydrogens is 368 g/mol. The van der Waals surface area contributed by atoms with E-state index in [-0.39, 0.29) is 24.0 Å². The number of morpholine rings is 1. The van der Waals surface area contributed by atoms with Gasteiger partial charge in [-0.05, 0) is 42.7 Å². The zero-order valence-electron chi connectivity index (χ0n) is 16.7. The first-order chi connectivity index (χ1) is 14.0. The third kappa shape index (κ3) is 4.03. The fraction of sp³-hybridized carbons (Fsp3) is 0.304. The van der Waals surface area contributed by atoms with Gasteiger partial charge < -0.3 is 19.4 Å². The van der Waals surface area contributed by atoms with E-state index in [1.807, 2.05) is 50.2 Å². The zero-order valence-corrected chi connectivity index (χ0v) is 16.7. The lowest BCUT2D eigenvalue weighted by Gasteiger charge is -2.26. The second-order valence-electron chi connectivity index (χ2n) is 7.35. The van der Waals surface area contributed by atoms with Crippen LogP contribution in [0.5, 0.6) is 0 Å². The molecule has 0 radical (unpaired) electrons. The van der Waals surface area contributed by atoms with Crippen molar-refractivity contribution in [1.29, 1.82) is 0 Å². The highest BCUT2D eigenvalue weighted by atomic mass is 16.5. The maximum absolute atomic E-state index is 13.0. The average Bonchev–Trinajstić information content (AvgIpc) is 3.09. The summed E-state index contributed by atoms with van der Waals surface area (Å²) in [6.07, 6.45) is 0.228. The number of anilines is 1. The maximum Gasteiger partial charge on any atom is 0.291 e. The molecule has 2 amide bonds. The number of hydrogen-bond donors (Lipinski definition) is 1. The first-order valence-electron chi connectivity index (χ1n) is 9.77. The van der Waals surface area contributed by atoms with Crippen molar-refractivity contribution in [2.75, 3.05) is 31.6 Å². The van der Waals surface area contributed by atoms with Gasteiger partial charge in [-0.15, -0.1) is 0 Å². The number of para-hydroxylation sites is 1. The Bertz CT molecular complexity index is 1060. The quantitative estimate of drug-likeness (QED) is 0.735. The van der Waals surface area contributed by atoms with Gasteiger partial charge in [0, 0.05) is 18.5 Å². The van der Waals surface area contributed by atoms with Crippen LogP contribution < -0.4 is 5.32 Å². The van der Waals surface area contributed by atoms with Gasteiger partial charge in [0.1, 0.15) is 11.3 Å². The van der Waals surface area contributed by atoms with E-state index in [9.17, 15) is 9.59 Å². The molecule has 0 bridgehead atoms. The van der Waals surface area contributed by atoms with E-state index in [1.54, 1.807) is 11.0 Å². The monoisotopic (exact) mass is 392 g/mol. The normalized spacial score (nSPS) is 14.2. The van der Waals surface area contributed by atoms with Crippen LogP contribution in [0, 0.1) is 13.8 Å². The summed E-state index contributed by atoms with van der Waals surface area (Å²) in [5.74, 6) is -0.247. The van der Waals surface area contributed by atoms with Crippen molar-refractivity contribution >= 4 is 28.5 Å². The van der Waals surface area contributed by atoms with Crippen LogP contribution in [0.4, 0.5) is 5.69 Å². The van der Waals surface area contributed by atoms with Gasteiger partial charge in [-0.1, -0.05) is 30.3 Å². The summed E-state index contributed by atoms with van der Waals surface area (Å²) >= 11 is 0. The molecule has 4 rings (SSSR count). The van der Waals surface area contributed by atoms with Crippen molar-refractivity contribution in [2.24, 2.45) is 0 Å². The molecule has 150 valence electrons. The highest BCUT2D eigenvalue weighted by molar-refractivity contribution is 6.11. The molecule has 2 aromatic carbocycles. The lowest BCUT2D eigenvalue weighted by atomic mass is 10.0. The van der Waals surface area contributed by atoms with Crippen LogP contribution in [0.1, 0.15) is 27.2 Å². The second-order valence-corrected chi connectivity index (χ2v) is 7.35. The van der Waals surface area contributed by atoms with Crippen LogP contribution in [0.3, 0.4) is 0 Å². The Labute approximate surface area is 169 Å². The third-order valence-corrected chi connectivity index (χ3v) is 5.29. The Morgan fingerprint density at radius 1 is 1.03 bits per heavy atom. The number of carbonyl (C=O) groups is 2. The topological polar surface area (TPSA) is 71.8 Å². The maximum atomic E-state index is 13.0. The molecule has 1 aliphatic heterocycles. The molecule has 0 saturated carbocycles. The summed E-state index contributed by atoms with van der Waals surface area (Å²) < 4.78 is 11.2. The van der Waals surface area contributed by atoms with Crippen LogP contribution in [0.25, 0.3) is 11.0 Å². The number of nitrogens with one attached hydrogen (secondary N) is 1. The minimum Gasteiger partial charge on any atom is -0.449 e. The number of aryl methyl sites for hydroxylation is 2. The van der Waals surface area contributed by atoms with Gasteiger partial charge in [0.15, 0.2) is 0 Å². The summed E-state index contributed by atoms with van der Waals surface area (Å²) in [5, 5.41) is 3.64. The Hall–Kier alpha value is -3.12. The van der Waals surface area contributed by atoms with E-state index >= 15 is 0 Å². The summed E-state index contributed by atoms with van der Waals surface area (Å²) in [4.78, 5) is 27.5. The van der Waals surface area contributed by atoms with Crippen LogP contribution in [-0.2, 0) is 16.0 Å². The van der Waals surface area contributed by atoms with E-state index in [0.29, 0.717) is 37.6 Å². The number of furan rings is 1. The van der Waals surface area contributed by atoms with E-state index < -0.39 is 0 Å². The molecule has 0 atom stereocenters. The Morgan fingerprint density at radius 3 is 2.55 bits per heavy atom. The smallest absolute Gasteiger partial charge is 0.291 e. The van der Waals surface area contributed by atoms with E-state index in [2.05, 4.69) is 5.32 Å². The number of hydrogen-bond acceptors (Lipinski definition) is 4. The van der Waals surface area contributed by atoms with Crippen LogP contribution in [-0.4, -0.2) is 43.0 Å². The van der Waals surface area contributed by atoms with Crippen LogP contribution in [0.2, 0.25) is 0 Å². The fourth-order valence-corrected chi connectivity index (χ4v) is 3.51. The highest BCUT2D eigenvalue weighted by Gasteiger charge is 2.27. The molecule has 2 heterocycles. The first-order valence-corrected chi connectivity index (χ1v) is 9.77. The van der Waals surface area contributed by atoms with Gasteiger partial charge in [-0.25, -0.2) is 0 Å². The van der Waals surface area contributed by atoms with Crippen molar-refractivity contribution < 1.29 is 18.7 Å². The molecule has 1 fully saturated rings. The Kier molecular flexibility index (Phi) is 5.36. The van der Waals surface area contributed by atoms with E-state index in [1.165, 1.54) is 5.56 Å². The summed E-state index contributed by atoms with van der Waals surface area (Å²) in [7, 11) is 0. The Balaban J connectivity index is 1.62. The predicted molar refractivity (Wildman–Crippen MR) is 111 cm³/mol. The molecule has 0 aliphatic carbocycles. The SMILES string of the molecule is Cc1ccc(CC(=O)Nc2c(C(=O)N3CCOCC3)oc3ccccc23)cc1C. The average molecular weight is 392 g/mol. The van der Waals surface area contributed by atoms with Crippen LogP contribution in [0.15, 0.2) is 46.9 Å². The summed E-state index contributed by atoms with van der Waals surface area (Å²) in [6.45, 7) is 6.08. The van der Waals surface area contributed by atoms with Gasteiger partial charge in [0.2, 0.25) is 11.7 Å². The molecule has 1 N–H and O–H groups in total. The van der Waals surface area contributed by atoms with Crippen molar-refractivity contribution in [3.63, 3.8) is 0 Å². The number of benzene rings is 2. The lowest BCUT2D eigenvalue weighted by Crippen LogP contribution is -2.40. The van der Waals surface area contributed by atoms with Gasteiger partial charge >= 0.3 is 0 Å². The number of fused-ring (bicyclic) bond motifs is 1. The standard InChI is InChI=1S/C23H24N2O4/c1-15-7-8-17(13-16(15)2)14-20(26)24-21-18-5-3-4-6-19(18)29-22(21)23(27)25-9-11-28-12-10-25/h3-8,13H,9-12,14H2,1-2H3,(H,24,26). The summed E-state index contributed by atoms with van der Waals surface area (Å²) in [6, 6.07) is 13.3. The minimum absolute atomic E-state index is 0.168. The summed E-state index contributed by atoms with van der Waals surface area (Å²) in [5.41, 5.74) is 4.27. The molecule has 3 aromatic rings. The van der Waals surface area contributed by atoms with E-state index in [0.717, 1.165) is 16.5 Å². The van der Waals surface area contributed by atoms with Gasteiger partial charge in [0.05, 0.1) is 19.6 Å². The number of rotatable bonds is 4. The van der Waals surface area contributed by atoms with E-state index in [4.69, 9.17) is 9.15 Å².